The molecule has 12 heteroatoms. The number of halogens is 5. The Morgan fingerprint density at radius 2 is 1.85 bits per heavy atom. The first-order valence-corrected chi connectivity index (χ1v) is 10.8. The molecule has 1 unspecified atom stereocenters. The van der Waals surface area contributed by atoms with Crippen LogP contribution in [0, 0.1) is 17.7 Å². The molecule has 1 aromatic heterocycles. The van der Waals surface area contributed by atoms with Crippen molar-refractivity contribution < 1.29 is 31.8 Å². The average molecular weight is 499 g/mol. The van der Waals surface area contributed by atoms with Gasteiger partial charge in [-0.05, 0) is 24.6 Å². The first-order valence-electron chi connectivity index (χ1n) is 10.4. The Kier molecular flexibility index (Phi) is 5.76. The third-order valence-corrected chi connectivity index (χ3v) is 6.41. The van der Waals surface area contributed by atoms with Gasteiger partial charge in [-0.3, -0.25) is 0 Å². The van der Waals surface area contributed by atoms with E-state index >= 15 is 0 Å². The number of anilines is 2. The predicted molar refractivity (Wildman–Crippen MR) is 116 cm³/mol. The van der Waals surface area contributed by atoms with Crippen LogP contribution in [0.1, 0.15) is 6.42 Å². The minimum absolute atomic E-state index is 0.0612. The van der Waals surface area contributed by atoms with Crippen LogP contribution in [0.25, 0.3) is 10.9 Å². The monoisotopic (exact) mass is 498 g/mol. The van der Waals surface area contributed by atoms with Gasteiger partial charge in [0.15, 0.2) is 23.1 Å². The smallest absolute Gasteiger partial charge is 0.493 e. The van der Waals surface area contributed by atoms with E-state index in [-0.39, 0.29) is 17.6 Å². The van der Waals surface area contributed by atoms with Crippen molar-refractivity contribution >= 4 is 34.0 Å². The van der Waals surface area contributed by atoms with Crippen LogP contribution >= 0.6 is 11.6 Å². The van der Waals surface area contributed by atoms with Crippen molar-refractivity contribution in [1.82, 2.24) is 15.3 Å². The molecule has 0 amide bonds. The van der Waals surface area contributed by atoms with Crippen LogP contribution in [0.2, 0.25) is 5.02 Å². The molecule has 3 atom stereocenters. The fraction of sp³-hybridized carbons (Fsp3) is 0.364. The van der Waals surface area contributed by atoms with Gasteiger partial charge in [0.1, 0.15) is 23.3 Å². The molecule has 2 heterocycles. The molecular weight excluding hydrogens is 480 g/mol. The standard InChI is InChI=1S/C22H19ClF4N4O3/c1-32-16-6-14-12(5-17(16)33-20-10-4-11(20)8-28-7-10)21(30-9-29-14)31-13-2-3-15(18(23)19(13)24)34-22(25,26)27/h2-3,5-6,9-11,20,28H,4,7-8H2,1H3,(H,29,30,31)/t10-,11+,20?. The van der Waals surface area contributed by atoms with E-state index in [1.54, 1.807) is 12.1 Å². The number of hydrogen-bond acceptors (Lipinski definition) is 7. The van der Waals surface area contributed by atoms with Crippen molar-refractivity contribution in [3.05, 3.63) is 41.4 Å². The van der Waals surface area contributed by atoms with Gasteiger partial charge in [0.2, 0.25) is 0 Å². The second-order valence-electron chi connectivity index (χ2n) is 8.15. The SMILES string of the molecule is COc1cc2ncnc(Nc3ccc(OC(F)(F)F)c(Cl)c3F)c2cc1OC1[C@@H]2CNC[C@H]1C2. The molecule has 2 aliphatic rings. The highest BCUT2D eigenvalue weighted by molar-refractivity contribution is 6.32. The van der Waals surface area contributed by atoms with E-state index < -0.39 is 23.0 Å². The van der Waals surface area contributed by atoms with Gasteiger partial charge in [-0.1, -0.05) is 11.6 Å². The summed E-state index contributed by atoms with van der Waals surface area (Å²) < 4.78 is 67.8. The lowest BCUT2D eigenvalue weighted by Crippen LogP contribution is -2.59. The van der Waals surface area contributed by atoms with Gasteiger partial charge >= 0.3 is 6.36 Å². The Balaban J connectivity index is 1.47. The Labute approximate surface area is 196 Å². The van der Waals surface area contributed by atoms with E-state index in [1.807, 2.05) is 0 Å². The first-order chi connectivity index (χ1) is 16.2. The van der Waals surface area contributed by atoms with Crippen LogP contribution in [0.4, 0.5) is 29.1 Å². The van der Waals surface area contributed by atoms with Crippen LogP contribution in [-0.4, -0.2) is 42.6 Å². The molecule has 0 spiro atoms. The molecule has 5 rings (SSSR count). The van der Waals surface area contributed by atoms with E-state index in [0.29, 0.717) is 34.2 Å². The van der Waals surface area contributed by atoms with E-state index in [2.05, 4.69) is 25.3 Å². The molecule has 3 aromatic rings. The van der Waals surface area contributed by atoms with Gasteiger partial charge in [0.05, 0.1) is 18.3 Å². The van der Waals surface area contributed by atoms with Crippen molar-refractivity contribution in [2.75, 3.05) is 25.5 Å². The summed E-state index contributed by atoms with van der Waals surface area (Å²) in [7, 11) is 1.53. The fourth-order valence-electron chi connectivity index (χ4n) is 4.41. The number of ether oxygens (including phenoxy) is 3. The molecule has 1 aliphatic carbocycles. The molecule has 1 saturated heterocycles. The summed E-state index contributed by atoms with van der Waals surface area (Å²) in [6.07, 6.45) is -2.56. The normalized spacial score (nSPS) is 21.6. The van der Waals surface area contributed by atoms with Crippen molar-refractivity contribution in [2.45, 2.75) is 18.9 Å². The molecule has 0 radical (unpaired) electrons. The number of hydrogen-bond donors (Lipinski definition) is 2. The Morgan fingerprint density at radius 1 is 1.09 bits per heavy atom. The highest BCUT2D eigenvalue weighted by atomic mass is 35.5. The minimum atomic E-state index is -5.00. The summed E-state index contributed by atoms with van der Waals surface area (Å²) in [5.74, 6) is 0.0860. The molecule has 2 N–H and O–H groups in total. The molecule has 1 aliphatic heterocycles. The predicted octanol–water partition coefficient (Wildman–Crippen LogP) is 5.06. The molecule has 34 heavy (non-hydrogen) atoms. The van der Waals surface area contributed by atoms with Crippen molar-refractivity contribution in [3.63, 3.8) is 0 Å². The topological polar surface area (TPSA) is 77.5 Å². The molecule has 180 valence electrons. The third-order valence-electron chi connectivity index (χ3n) is 6.06. The summed E-state index contributed by atoms with van der Waals surface area (Å²) in [6.45, 7) is 1.78. The number of rotatable bonds is 6. The summed E-state index contributed by atoms with van der Waals surface area (Å²) >= 11 is 5.77. The van der Waals surface area contributed by atoms with E-state index in [4.69, 9.17) is 21.1 Å². The minimum Gasteiger partial charge on any atom is -0.493 e. The van der Waals surface area contributed by atoms with E-state index in [1.165, 1.54) is 13.4 Å². The number of nitrogens with one attached hydrogen (secondary N) is 2. The number of methoxy groups -OCH3 is 1. The van der Waals surface area contributed by atoms with Crippen molar-refractivity contribution in [2.24, 2.45) is 11.8 Å². The summed E-state index contributed by atoms with van der Waals surface area (Å²) in [5, 5.41) is 5.84. The lowest BCUT2D eigenvalue weighted by molar-refractivity contribution is -0.274. The lowest BCUT2D eigenvalue weighted by Gasteiger charge is -2.49. The zero-order valence-corrected chi connectivity index (χ0v) is 18.5. The second-order valence-corrected chi connectivity index (χ2v) is 8.53. The maximum absolute atomic E-state index is 14.7. The maximum Gasteiger partial charge on any atom is 0.573 e. The number of nitrogens with zero attached hydrogens (tertiary/aromatic N) is 2. The molecule has 2 bridgehead atoms. The molecule has 1 saturated carbocycles. The Hall–Kier alpha value is -3.05. The van der Waals surface area contributed by atoms with E-state index in [9.17, 15) is 17.6 Å². The second kappa shape index (κ2) is 8.62. The zero-order valence-electron chi connectivity index (χ0n) is 17.7. The van der Waals surface area contributed by atoms with Crippen LogP contribution in [0.5, 0.6) is 17.2 Å². The fourth-order valence-corrected chi connectivity index (χ4v) is 4.62. The maximum atomic E-state index is 14.7. The molecule has 2 fully saturated rings. The van der Waals surface area contributed by atoms with Crippen molar-refractivity contribution in [1.29, 1.82) is 0 Å². The summed E-state index contributed by atoms with van der Waals surface area (Å²) in [5.41, 5.74) is 0.318. The van der Waals surface area contributed by atoms with Gasteiger partial charge in [-0.25, -0.2) is 14.4 Å². The number of piperidine rings is 2. The molecular formula is C22H19ClF4N4O3. The molecule has 7 nitrogen and oxygen atoms in total. The third kappa shape index (κ3) is 4.25. The van der Waals surface area contributed by atoms with Gasteiger partial charge in [0, 0.05) is 36.4 Å². The summed E-state index contributed by atoms with van der Waals surface area (Å²) in [4.78, 5) is 8.41. The van der Waals surface area contributed by atoms with Gasteiger partial charge < -0.3 is 24.8 Å². The average Bonchev–Trinajstić information content (AvgIpc) is 2.81. The quantitative estimate of drug-likeness (QED) is 0.460. The van der Waals surface area contributed by atoms with Crippen LogP contribution < -0.4 is 24.8 Å². The highest BCUT2D eigenvalue weighted by Gasteiger charge is 2.45. The van der Waals surface area contributed by atoms with Crippen LogP contribution in [-0.2, 0) is 0 Å². The number of alkyl halides is 3. The number of benzene rings is 2. The Morgan fingerprint density at radius 3 is 2.53 bits per heavy atom. The molecule has 2 aromatic carbocycles. The summed E-state index contributed by atoms with van der Waals surface area (Å²) in [6, 6.07) is 5.40. The first kappa shape index (κ1) is 22.7. The zero-order chi connectivity index (χ0) is 24.0. The number of fused-ring (bicyclic) bond motifs is 3. The highest BCUT2D eigenvalue weighted by Crippen LogP contribution is 2.43. The van der Waals surface area contributed by atoms with Crippen LogP contribution in [0.3, 0.4) is 0 Å². The van der Waals surface area contributed by atoms with Gasteiger partial charge in [-0.15, -0.1) is 13.2 Å². The van der Waals surface area contributed by atoms with Gasteiger partial charge in [0.25, 0.3) is 0 Å². The van der Waals surface area contributed by atoms with E-state index in [0.717, 1.165) is 31.6 Å². The van der Waals surface area contributed by atoms with Crippen LogP contribution in [0.15, 0.2) is 30.6 Å². The Bertz CT molecular complexity index is 1230. The van der Waals surface area contributed by atoms with Gasteiger partial charge in [-0.2, -0.15) is 0 Å². The van der Waals surface area contributed by atoms with Crippen molar-refractivity contribution in [3.8, 4) is 17.2 Å². The lowest BCUT2D eigenvalue weighted by atomic mass is 9.69. The largest absolute Gasteiger partial charge is 0.573 e. The number of aromatic nitrogens is 2.